The monoisotopic (exact) mass is 331 g/mol. The number of carbonyl (C=O) groups excluding carboxylic acids is 2. The lowest BCUT2D eigenvalue weighted by Gasteiger charge is -2.30. The van der Waals surface area contributed by atoms with E-state index in [0.717, 1.165) is 0 Å². The Morgan fingerprint density at radius 2 is 2.00 bits per heavy atom. The number of benzene rings is 1. The number of rotatable bonds is 4. The maximum absolute atomic E-state index is 13.7. The number of likely N-dealkylation sites (tertiary alicyclic amines) is 1. The van der Waals surface area contributed by atoms with Gasteiger partial charge in [-0.2, -0.15) is 0 Å². The fraction of sp³-hybridized carbons (Fsp3) is 0.353. The second kappa shape index (κ2) is 6.82. The molecule has 0 unspecified atom stereocenters. The van der Waals surface area contributed by atoms with Gasteiger partial charge in [0.25, 0.3) is 0 Å². The fourth-order valence-electron chi connectivity index (χ4n) is 2.86. The van der Waals surface area contributed by atoms with E-state index in [-0.39, 0.29) is 24.2 Å². The molecule has 1 aromatic carbocycles. The van der Waals surface area contributed by atoms with Crippen LogP contribution in [0.5, 0.6) is 0 Å². The normalized spacial score (nSPS) is 15.5. The second-order valence-electron chi connectivity index (χ2n) is 5.90. The van der Waals surface area contributed by atoms with Crippen LogP contribution >= 0.6 is 0 Å². The zero-order chi connectivity index (χ0) is 17.1. The van der Waals surface area contributed by atoms with Gasteiger partial charge < -0.3 is 15.2 Å². The number of nitrogens with two attached hydrogens (primary N) is 1. The molecule has 1 aliphatic heterocycles. The summed E-state index contributed by atoms with van der Waals surface area (Å²) in [5.74, 6) is -0.670. The van der Waals surface area contributed by atoms with Crippen LogP contribution in [-0.2, 0) is 16.0 Å². The number of primary amides is 1. The SMILES string of the molecule is NC(=O)C1CCN(C(=O)Cc2cc(-c3ccccc3F)on2)CC1. The summed E-state index contributed by atoms with van der Waals surface area (Å²) in [6, 6.07) is 7.80. The van der Waals surface area contributed by atoms with Gasteiger partial charge in [-0.05, 0) is 25.0 Å². The summed E-state index contributed by atoms with van der Waals surface area (Å²) in [5, 5.41) is 3.85. The molecule has 0 spiro atoms. The lowest BCUT2D eigenvalue weighted by molar-refractivity contribution is -0.134. The molecule has 0 saturated carbocycles. The molecule has 7 heteroatoms. The molecule has 2 N–H and O–H groups in total. The molecule has 2 aromatic rings. The van der Waals surface area contributed by atoms with Crippen LogP contribution in [0.15, 0.2) is 34.9 Å². The lowest BCUT2D eigenvalue weighted by Crippen LogP contribution is -2.42. The molecule has 1 saturated heterocycles. The number of piperidine rings is 1. The Balaban J connectivity index is 1.62. The molecule has 1 aliphatic rings. The molecule has 3 rings (SSSR count). The number of aromatic nitrogens is 1. The zero-order valence-electron chi connectivity index (χ0n) is 13.1. The Bertz CT molecular complexity index is 751. The van der Waals surface area contributed by atoms with Gasteiger partial charge >= 0.3 is 0 Å². The third-order valence-corrected chi connectivity index (χ3v) is 4.28. The average molecular weight is 331 g/mol. The number of carbonyl (C=O) groups is 2. The molecule has 0 atom stereocenters. The zero-order valence-corrected chi connectivity index (χ0v) is 13.1. The van der Waals surface area contributed by atoms with Crippen LogP contribution in [-0.4, -0.2) is 35.0 Å². The summed E-state index contributed by atoms with van der Waals surface area (Å²) in [6.45, 7) is 1.01. The summed E-state index contributed by atoms with van der Waals surface area (Å²) in [7, 11) is 0. The van der Waals surface area contributed by atoms with Crippen LogP contribution in [0.2, 0.25) is 0 Å². The minimum Gasteiger partial charge on any atom is -0.369 e. The van der Waals surface area contributed by atoms with Crippen LogP contribution in [0.3, 0.4) is 0 Å². The summed E-state index contributed by atoms with van der Waals surface area (Å²) in [6.07, 6.45) is 1.25. The lowest BCUT2D eigenvalue weighted by atomic mass is 9.96. The highest BCUT2D eigenvalue weighted by molar-refractivity contribution is 5.80. The van der Waals surface area contributed by atoms with Crippen LogP contribution in [0, 0.1) is 11.7 Å². The minimum atomic E-state index is -0.403. The molecule has 0 aliphatic carbocycles. The van der Waals surface area contributed by atoms with Crippen LogP contribution in [0.25, 0.3) is 11.3 Å². The van der Waals surface area contributed by atoms with E-state index in [9.17, 15) is 14.0 Å². The Labute approximate surface area is 138 Å². The summed E-state index contributed by atoms with van der Waals surface area (Å²) >= 11 is 0. The minimum absolute atomic E-state index is 0.0825. The molecular formula is C17H18FN3O3. The number of nitrogens with zero attached hydrogens (tertiary/aromatic N) is 2. The summed E-state index contributed by atoms with van der Waals surface area (Å²) < 4.78 is 18.9. The van der Waals surface area contributed by atoms with Crippen molar-refractivity contribution in [3.8, 4) is 11.3 Å². The largest absolute Gasteiger partial charge is 0.369 e. The highest BCUT2D eigenvalue weighted by atomic mass is 19.1. The van der Waals surface area contributed by atoms with Crippen molar-refractivity contribution in [1.29, 1.82) is 0 Å². The third kappa shape index (κ3) is 3.45. The quantitative estimate of drug-likeness (QED) is 0.924. The highest BCUT2D eigenvalue weighted by Gasteiger charge is 2.26. The van der Waals surface area contributed by atoms with E-state index in [1.54, 1.807) is 29.2 Å². The van der Waals surface area contributed by atoms with Crippen molar-refractivity contribution in [2.75, 3.05) is 13.1 Å². The van der Waals surface area contributed by atoms with Crippen molar-refractivity contribution in [3.63, 3.8) is 0 Å². The van der Waals surface area contributed by atoms with Crippen molar-refractivity contribution in [2.45, 2.75) is 19.3 Å². The number of hydrogen-bond acceptors (Lipinski definition) is 4. The van der Waals surface area contributed by atoms with Crippen LogP contribution < -0.4 is 5.73 Å². The number of halogens is 1. The maximum Gasteiger partial charge on any atom is 0.228 e. The van der Waals surface area contributed by atoms with Crippen molar-refractivity contribution >= 4 is 11.8 Å². The van der Waals surface area contributed by atoms with Gasteiger partial charge in [0.1, 0.15) is 5.82 Å². The van der Waals surface area contributed by atoms with E-state index in [1.165, 1.54) is 6.07 Å². The molecule has 1 fully saturated rings. The van der Waals surface area contributed by atoms with Crippen LogP contribution in [0.4, 0.5) is 4.39 Å². The molecule has 24 heavy (non-hydrogen) atoms. The average Bonchev–Trinajstić information content (AvgIpc) is 3.03. The first-order valence-electron chi connectivity index (χ1n) is 7.82. The standard InChI is InChI=1S/C17H18FN3O3/c18-14-4-2-1-3-13(14)15-9-12(20-24-15)10-16(22)21-7-5-11(6-8-21)17(19)23/h1-4,9,11H,5-8,10H2,(H2,19,23). The highest BCUT2D eigenvalue weighted by Crippen LogP contribution is 2.24. The molecule has 6 nitrogen and oxygen atoms in total. The first-order chi connectivity index (χ1) is 11.5. The first kappa shape index (κ1) is 16.2. The number of amides is 2. The fourth-order valence-corrected chi connectivity index (χ4v) is 2.86. The van der Waals surface area contributed by atoms with E-state index in [1.807, 2.05) is 0 Å². The van der Waals surface area contributed by atoms with Gasteiger partial charge in [0.05, 0.1) is 17.7 Å². The van der Waals surface area contributed by atoms with E-state index < -0.39 is 5.82 Å². The molecular weight excluding hydrogens is 313 g/mol. The molecule has 0 bridgehead atoms. The molecule has 2 amide bonds. The first-order valence-corrected chi connectivity index (χ1v) is 7.82. The summed E-state index contributed by atoms with van der Waals surface area (Å²) in [5.41, 5.74) is 6.05. The Kier molecular flexibility index (Phi) is 4.59. The second-order valence-corrected chi connectivity index (χ2v) is 5.90. The van der Waals surface area contributed by atoms with Gasteiger partial charge in [0, 0.05) is 25.1 Å². The van der Waals surface area contributed by atoms with Gasteiger partial charge in [0.2, 0.25) is 11.8 Å². The van der Waals surface area contributed by atoms with Gasteiger partial charge in [0.15, 0.2) is 5.76 Å². The predicted octanol–water partition coefficient (Wildman–Crippen LogP) is 1.75. The Hall–Kier alpha value is -2.70. The van der Waals surface area contributed by atoms with Crippen molar-refractivity contribution in [2.24, 2.45) is 11.7 Å². The van der Waals surface area contributed by atoms with E-state index in [4.69, 9.17) is 10.3 Å². The van der Waals surface area contributed by atoms with Crippen molar-refractivity contribution in [1.82, 2.24) is 10.1 Å². The van der Waals surface area contributed by atoms with E-state index in [2.05, 4.69) is 5.16 Å². The molecule has 0 radical (unpaired) electrons. The third-order valence-electron chi connectivity index (χ3n) is 4.28. The van der Waals surface area contributed by atoms with Crippen LogP contribution in [0.1, 0.15) is 18.5 Å². The van der Waals surface area contributed by atoms with Gasteiger partial charge in [-0.25, -0.2) is 4.39 Å². The van der Waals surface area contributed by atoms with E-state index >= 15 is 0 Å². The molecule has 2 heterocycles. The van der Waals surface area contributed by atoms with Gasteiger partial charge in [-0.15, -0.1) is 0 Å². The Morgan fingerprint density at radius 3 is 2.67 bits per heavy atom. The smallest absolute Gasteiger partial charge is 0.228 e. The van der Waals surface area contributed by atoms with E-state index in [0.29, 0.717) is 42.9 Å². The topological polar surface area (TPSA) is 89.4 Å². The Morgan fingerprint density at radius 1 is 1.29 bits per heavy atom. The summed E-state index contributed by atoms with van der Waals surface area (Å²) in [4.78, 5) is 25.2. The van der Waals surface area contributed by atoms with Crippen molar-refractivity contribution in [3.05, 3.63) is 41.8 Å². The van der Waals surface area contributed by atoms with Gasteiger partial charge in [-0.3, -0.25) is 9.59 Å². The molecule has 1 aromatic heterocycles. The maximum atomic E-state index is 13.7. The molecule has 126 valence electrons. The number of hydrogen-bond donors (Lipinski definition) is 1. The van der Waals surface area contributed by atoms with Crippen molar-refractivity contribution < 1.29 is 18.5 Å². The van der Waals surface area contributed by atoms with Gasteiger partial charge in [-0.1, -0.05) is 17.3 Å². The predicted molar refractivity (Wildman–Crippen MR) is 84.1 cm³/mol.